The predicted octanol–water partition coefficient (Wildman–Crippen LogP) is 1.34. The molecule has 1 N–H and O–H groups in total. The molecule has 1 aromatic carbocycles. The Hall–Kier alpha value is -1.46. The molecule has 1 aliphatic heterocycles. The lowest BCUT2D eigenvalue weighted by Gasteiger charge is -2.28. The highest BCUT2D eigenvalue weighted by molar-refractivity contribution is 5.40. The van der Waals surface area contributed by atoms with Crippen molar-refractivity contribution in [2.45, 2.75) is 19.4 Å². The number of nitrogens with zero attached hydrogens (tertiary/aromatic N) is 2. The molecule has 0 saturated heterocycles. The number of nitro groups is 1. The van der Waals surface area contributed by atoms with Crippen LogP contribution in [0.5, 0.6) is 0 Å². The van der Waals surface area contributed by atoms with Gasteiger partial charge in [-0.1, -0.05) is 6.07 Å². The smallest absolute Gasteiger partial charge is 0.269 e. The summed E-state index contributed by atoms with van der Waals surface area (Å²) in [4.78, 5) is 12.6. The molecule has 0 unspecified atom stereocenters. The van der Waals surface area contributed by atoms with Crippen LogP contribution >= 0.6 is 0 Å². The van der Waals surface area contributed by atoms with Crippen molar-refractivity contribution in [1.29, 1.82) is 0 Å². The van der Waals surface area contributed by atoms with Crippen molar-refractivity contribution in [2.24, 2.45) is 0 Å². The quantitative estimate of drug-likeness (QED) is 0.632. The van der Waals surface area contributed by atoms with E-state index in [1.54, 1.807) is 12.1 Å². The second-order valence-electron chi connectivity index (χ2n) is 4.31. The molecule has 0 saturated carbocycles. The summed E-state index contributed by atoms with van der Waals surface area (Å²) >= 11 is 0. The summed E-state index contributed by atoms with van der Waals surface area (Å²) in [5.41, 5.74) is 2.41. The van der Waals surface area contributed by atoms with Crippen LogP contribution in [0.2, 0.25) is 0 Å². The highest BCUT2D eigenvalue weighted by Crippen LogP contribution is 2.23. The molecule has 0 atom stereocenters. The van der Waals surface area contributed by atoms with E-state index in [4.69, 9.17) is 5.11 Å². The largest absolute Gasteiger partial charge is 0.396 e. The van der Waals surface area contributed by atoms with Crippen LogP contribution in [0.15, 0.2) is 18.2 Å². The molecule has 0 aromatic heterocycles. The van der Waals surface area contributed by atoms with Gasteiger partial charge in [-0.05, 0) is 24.0 Å². The first-order valence-corrected chi connectivity index (χ1v) is 5.80. The van der Waals surface area contributed by atoms with Gasteiger partial charge in [-0.3, -0.25) is 15.0 Å². The predicted molar refractivity (Wildman–Crippen MR) is 63.8 cm³/mol. The summed E-state index contributed by atoms with van der Waals surface area (Å²) in [5.74, 6) is 0. The Morgan fingerprint density at radius 1 is 1.41 bits per heavy atom. The maximum atomic E-state index is 10.7. The van der Waals surface area contributed by atoms with Crippen LogP contribution in [0.25, 0.3) is 0 Å². The Balaban J connectivity index is 2.12. The van der Waals surface area contributed by atoms with Gasteiger partial charge >= 0.3 is 0 Å². The third kappa shape index (κ3) is 2.81. The van der Waals surface area contributed by atoms with Gasteiger partial charge in [-0.25, -0.2) is 0 Å². The van der Waals surface area contributed by atoms with E-state index in [9.17, 15) is 10.1 Å². The molecule has 1 aliphatic rings. The van der Waals surface area contributed by atoms with Gasteiger partial charge < -0.3 is 5.11 Å². The zero-order valence-corrected chi connectivity index (χ0v) is 9.63. The lowest BCUT2D eigenvalue weighted by Crippen LogP contribution is -2.31. The number of benzene rings is 1. The minimum atomic E-state index is -0.354. The van der Waals surface area contributed by atoms with Crippen LogP contribution in [-0.4, -0.2) is 34.6 Å². The van der Waals surface area contributed by atoms with Gasteiger partial charge in [-0.2, -0.15) is 0 Å². The number of nitro benzene ring substituents is 1. The van der Waals surface area contributed by atoms with Gasteiger partial charge in [0.15, 0.2) is 0 Å². The fraction of sp³-hybridized carbons (Fsp3) is 0.500. The van der Waals surface area contributed by atoms with Crippen LogP contribution < -0.4 is 0 Å². The Morgan fingerprint density at radius 2 is 2.24 bits per heavy atom. The summed E-state index contributed by atoms with van der Waals surface area (Å²) in [6, 6.07) is 5.10. The van der Waals surface area contributed by atoms with Crippen molar-refractivity contribution in [3.8, 4) is 0 Å². The standard InChI is InChI=1S/C12H16N2O3/c15-7-1-5-13-6-4-10-2-3-12(14(16)17)8-11(10)9-13/h2-3,8,15H,1,4-7,9H2. The van der Waals surface area contributed by atoms with Crippen LogP contribution in [0.1, 0.15) is 17.5 Å². The average molecular weight is 236 g/mol. The Kier molecular flexibility index (Phi) is 3.71. The molecular formula is C12H16N2O3. The van der Waals surface area contributed by atoms with Gasteiger partial charge in [0.2, 0.25) is 0 Å². The summed E-state index contributed by atoms with van der Waals surface area (Å²) in [5, 5.41) is 19.5. The van der Waals surface area contributed by atoms with Gasteiger partial charge in [0.25, 0.3) is 5.69 Å². The molecule has 0 aliphatic carbocycles. The zero-order valence-electron chi connectivity index (χ0n) is 9.63. The summed E-state index contributed by atoms with van der Waals surface area (Å²) in [6.07, 6.45) is 1.68. The molecular weight excluding hydrogens is 220 g/mol. The van der Waals surface area contributed by atoms with Crippen molar-refractivity contribution >= 4 is 5.69 Å². The summed E-state index contributed by atoms with van der Waals surface area (Å²) in [7, 11) is 0. The first kappa shape index (κ1) is 12.0. The molecule has 0 amide bonds. The summed E-state index contributed by atoms with van der Waals surface area (Å²) in [6.45, 7) is 2.75. The van der Waals surface area contributed by atoms with E-state index in [1.807, 2.05) is 6.07 Å². The third-order valence-electron chi connectivity index (χ3n) is 3.12. The van der Waals surface area contributed by atoms with Crippen molar-refractivity contribution < 1.29 is 10.0 Å². The average Bonchev–Trinajstić information content (AvgIpc) is 2.35. The number of fused-ring (bicyclic) bond motifs is 1. The minimum Gasteiger partial charge on any atom is -0.396 e. The third-order valence-corrected chi connectivity index (χ3v) is 3.12. The number of hydrogen-bond acceptors (Lipinski definition) is 4. The van der Waals surface area contributed by atoms with Crippen molar-refractivity contribution in [3.05, 3.63) is 39.4 Å². The van der Waals surface area contributed by atoms with E-state index in [0.717, 1.165) is 38.0 Å². The van der Waals surface area contributed by atoms with E-state index >= 15 is 0 Å². The molecule has 1 heterocycles. The Morgan fingerprint density at radius 3 is 2.94 bits per heavy atom. The second-order valence-corrected chi connectivity index (χ2v) is 4.31. The van der Waals surface area contributed by atoms with E-state index in [-0.39, 0.29) is 17.2 Å². The zero-order chi connectivity index (χ0) is 12.3. The molecule has 1 aromatic rings. The molecule has 17 heavy (non-hydrogen) atoms. The number of rotatable bonds is 4. The number of hydrogen-bond donors (Lipinski definition) is 1. The van der Waals surface area contributed by atoms with Crippen LogP contribution in [0.3, 0.4) is 0 Å². The fourth-order valence-corrected chi connectivity index (χ4v) is 2.20. The molecule has 0 radical (unpaired) electrons. The molecule has 5 heteroatoms. The van der Waals surface area contributed by atoms with Crippen molar-refractivity contribution in [2.75, 3.05) is 19.7 Å². The van der Waals surface area contributed by atoms with E-state index in [0.29, 0.717) is 0 Å². The molecule has 92 valence electrons. The number of aliphatic hydroxyl groups is 1. The Labute approximate surface area is 99.8 Å². The lowest BCUT2D eigenvalue weighted by molar-refractivity contribution is -0.385. The van der Waals surface area contributed by atoms with E-state index in [2.05, 4.69) is 4.90 Å². The van der Waals surface area contributed by atoms with Crippen LogP contribution in [0.4, 0.5) is 5.69 Å². The van der Waals surface area contributed by atoms with E-state index in [1.165, 1.54) is 5.56 Å². The monoisotopic (exact) mass is 236 g/mol. The number of non-ortho nitro benzene ring substituents is 1. The summed E-state index contributed by atoms with van der Waals surface area (Å²) < 4.78 is 0. The second kappa shape index (κ2) is 5.25. The molecule has 0 spiro atoms. The normalized spacial score (nSPS) is 15.6. The van der Waals surface area contributed by atoms with Gasteiger partial charge in [-0.15, -0.1) is 0 Å². The van der Waals surface area contributed by atoms with Crippen molar-refractivity contribution in [3.63, 3.8) is 0 Å². The van der Waals surface area contributed by atoms with Gasteiger partial charge in [0.05, 0.1) is 4.92 Å². The Bertz CT molecular complexity index is 420. The maximum absolute atomic E-state index is 10.7. The highest BCUT2D eigenvalue weighted by atomic mass is 16.6. The van der Waals surface area contributed by atoms with Crippen molar-refractivity contribution in [1.82, 2.24) is 4.90 Å². The van der Waals surface area contributed by atoms with Gasteiger partial charge in [0.1, 0.15) is 0 Å². The number of aliphatic hydroxyl groups excluding tert-OH is 1. The molecule has 0 fully saturated rings. The molecule has 2 rings (SSSR count). The first-order chi connectivity index (χ1) is 8.20. The topological polar surface area (TPSA) is 66.6 Å². The van der Waals surface area contributed by atoms with Gasteiger partial charge in [0, 0.05) is 38.4 Å². The SMILES string of the molecule is O=[N+]([O-])c1ccc2c(c1)CN(CCCO)CC2. The first-order valence-electron chi connectivity index (χ1n) is 5.80. The van der Waals surface area contributed by atoms with Crippen LogP contribution in [0, 0.1) is 10.1 Å². The fourth-order valence-electron chi connectivity index (χ4n) is 2.20. The molecule has 5 nitrogen and oxygen atoms in total. The lowest BCUT2D eigenvalue weighted by atomic mass is 9.99. The minimum absolute atomic E-state index is 0.160. The van der Waals surface area contributed by atoms with Crippen LogP contribution in [-0.2, 0) is 13.0 Å². The molecule has 0 bridgehead atoms. The maximum Gasteiger partial charge on any atom is 0.269 e. The van der Waals surface area contributed by atoms with E-state index < -0.39 is 0 Å². The highest BCUT2D eigenvalue weighted by Gasteiger charge is 2.18.